The van der Waals surface area contributed by atoms with E-state index in [0.717, 1.165) is 5.69 Å². The summed E-state index contributed by atoms with van der Waals surface area (Å²) < 4.78 is 11.1. The van der Waals surface area contributed by atoms with Crippen molar-refractivity contribution in [1.82, 2.24) is 4.98 Å². The molecule has 6 nitrogen and oxygen atoms in total. The quantitative estimate of drug-likeness (QED) is 0.735. The number of benzene rings is 1. The van der Waals surface area contributed by atoms with Crippen LogP contribution < -0.4 is 9.64 Å². The van der Waals surface area contributed by atoms with E-state index in [0.29, 0.717) is 24.7 Å². The van der Waals surface area contributed by atoms with Crippen LogP contribution in [-0.2, 0) is 4.74 Å². The average molecular weight is 358 g/mol. The molecule has 0 atom stereocenters. The molecule has 140 valence electrons. The highest BCUT2D eigenvalue weighted by Gasteiger charge is 2.17. The number of pyridine rings is 1. The molecular weight excluding hydrogens is 332 g/mol. The maximum atomic E-state index is 12.7. The molecule has 2 aromatic rings. The van der Waals surface area contributed by atoms with Crippen LogP contribution in [0.5, 0.6) is 5.88 Å². The number of anilines is 1. The topological polar surface area (TPSA) is 71.9 Å². The molecule has 0 saturated carbocycles. The van der Waals surface area contributed by atoms with Gasteiger partial charge in [0.1, 0.15) is 6.61 Å². The fraction of sp³-hybridized carbons (Fsp3) is 0.400. The number of hydrogen-bond donors (Lipinski definition) is 1. The minimum absolute atomic E-state index is 0.122. The van der Waals surface area contributed by atoms with Gasteiger partial charge < -0.3 is 19.5 Å². The lowest BCUT2D eigenvalue weighted by Gasteiger charge is -2.22. The molecule has 0 unspecified atom stereocenters. The van der Waals surface area contributed by atoms with Crippen molar-refractivity contribution < 1.29 is 19.4 Å². The normalized spacial score (nSPS) is 11.2. The lowest BCUT2D eigenvalue weighted by molar-refractivity contribution is -0.0168. The number of aromatic nitrogens is 1. The van der Waals surface area contributed by atoms with Crippen molar-refractivity contribution in [1.29, 1.82) is 0 Å². The fourth-order valence-corrected chi connectivity index (χ4v) is 2.30. The molecule has 0 aliphatic rings. The highest BCUT2D eigenvalue weighted by Crippen LogP contribution is 2.17. The van der Waals surface area contributed by atoms with E-state index in [-0.39, 0.29) is 24.7 Å². The first-order chi connectivity index (χ1) is 12.4. The van der Waals surface area contributed by atoms with Crippen molar-refractivity contribution in [3.63, 3.8) is 0 Å². The van der Waals surface area contributed by atoms with Gasteiger partial charge in [-0.25, -0.2) is 4.98 Å². The molecular formula is C20H26N2O4. The molecule has 0 saturated heterocycles. The van der Waals surface area contributed by atoms with Crippen LogP contribution in [0, 0.1) is 0 Å². The van der Waals surface area contributed by atoms with Crippen LogP contribution in [0.4, 0.5) is 5.69 Å². The molecule has 1 heterocycles. The lowest BCUT2D eigenvalue weighted by atomic mass is 10.2. The molecule has 1 aromatic carbocycles. The van der Waals surface area contributed by atoms with Gasteiger partial charge in [0.25, 0.3) is 5.91 Å². The van der Waals surface area contributed by atoms with Gasteiger partial charge in [0.2, 0.25) is 5.88 Å². The highest BCUT2D eigenvalue weighted by molar-refractivity contribution is 6.05. The van der Waals surface area contributed by atoms with E-state index in [9.17, 15) is 9.90 Å². The molecule has 0 spiro atoms. The standard InChI is InChI=1S/C20H26N2O4/c1-20(2,3)26-14-13-25-18-10-9-16(15-21-18)19(24)22(11-12-23)17-7-5-4-6-8-17/h4-10,15,23H,11-14H2,1-3H3. The van der Waals surface area contributed by atoms with E-state index in [2.05, 4.69) is 4.98 Å². The molecule has 1 amide bonds. The molecule has 1 aromatic heterocycles. The van der Waals surface area contributed by atoms with Gasteiger partial charge in [0.05, 0.1) is 24.4 Å². The van der Waals surface area contributed by atoms with E-state index >= 15 is 0 Å². The predicted octanol–water partition coefficient (Wildman–Crippen LogP) is 2.91. The van der Waals surface area contributed by atoms with E-state index in [1.165, 1.54) is 11.1 Å². The summed E-state index contributed by atoms with van der Waals surface area (Å²) in [4.78, 5) is 18.4. The second kappa shape index (κ2) is 9.31. The Hall–Kier alpha value is -2.44. The number of carbonyl (C=O) groups excluding carboxylic acids is 1. The van der Waals surface area contributed by atoms with E-state index < -0.39 is 0 Å². The maximum absolute atomic E-state index is 12.7. The summed E-state index contributed by atoms with van der Waals surface area (Å²) in [7, 11) is 0. The summed E-state index contributed by atoms with van der Waals surface area (Å²) in [6.45, 7) is 6.89. The lowest BCUT2D eigenvalue weighted by Crippen LogP contribution is -2.33. The van der Waals surface area contributed by atoms with Crippen LogP contribution in [0.2, 0.25) is 0 Å². The van der Waals surface area contributed by atoms with Gasteiger partial charge >= 0.3 is 0 Å². The first-order valence-electron chi connectivity index (χ1n) is 8.61. The van der Waals surface area contributed by atoms with Gasteiger partial charge in [0, 0.05) is 24.5 Å². The van der Waals surface area contributed by atoms with Gasteiger partial charge in [-0.05, 0) is 39.0 Å². The Kier molecular flexibility index (Phi) is 7.12. The maximum Gasteiger partial charge on any atom is 0.259 e. The summed E-state index contributed by atoms with van der Waals surface area (Å²) in [5.74, 6) is 0.216. The minimum atomic E-state index is -0.222. The van der Waals surface area contributed by atoms with Crippen LogP contribution >= 0.6 is 0 Å². The zero-order valence-electron chi connectivity index (χ0n) is 15.5. The van der Waals surface area contributed by atoms with Crippen molar-refractivity contribution in [3.8, 4) is 5.88 Å². The molecule has 6 heteroatoms. The SMILES string of the molecule is CC(C)(C)OCCOc1ccc(C(=O)N(CCO)c2ccccc2)cn1. The van der Waals surface area contributed by atoms with E-state index in [1.807, 2.05) is 51.1 Å². The van der Waals surface area contributed by atoms with Crippen LogP contribution in [0.3, 0.4) is 0 Å². The Bertz CT molecular complexity index is 681. The van der Waals surface area contributed by atoms with E-state index in [4.69, 9.17) is 9.47 Å². The third-order valence-electron chi connectivity index (χ3n) is 3.49. The van der Waals surface area contributed by atoms with Crippen LogP contribution in [0.15, 0.2) is 48.7 Å². The smallest absolute Gasteiger partial charge is 0.259 e. The molecule has 0 aliphatic carbocycles. The number of aliphatic hydroxyl groups is 1. The van der Waals surface area contributed by atoms with Crippen molar-refractivity contribution in [2.75, 3.05) is 31.3 Å². The molecule has 1 N–H and O–H groups in total. The third kappa shape index (κ3) is 6.13. The largest absolute Gasteiger partial charge is 0.475 e. The Morgan fingerprint density at radius 2 is 1.85 bits per heavy atom. The Morgan fingerprint density at radius 3 is 2.42 bits per heavy atom. The summed E-state index contributed by atoms with van der Waals surface area (Å²) in [5, 5.41) is 9.27. The zero-order valence-corrected chi connectivity index (χ0v) is 15.5. The monoisotopic (exact) mass is 358 g/mol. The number of aliphatic hydroxyl groups excluding tert-OH is 1. The molecule has 2 rings (SSSR count). The molecule has 26 heavy (non-hydrogen) atoms. The Labute approximate surface area is 154 Å². The number of ether oxygens (including phenoxy) is 2. The number of amides is 1. The number of nitrogens with zero attached hydrogens (tertiary/aromatic N) is 2. The van der Waals surface area contributed by atoms with E-state index in [1.54, 1.807) is 12.1 Å². The van der Waals surface area contributed by atoms with Gasteiger partial charge in [-0.2, -0.15) is 0 Å². The van der Waals surface area contributed by atoms with Gasteiger partial charge in [-0.15, -0.1) is 0 Å². The number of hydrogen-bond acceptors (Lipinski definition) is 5. The van der Waals surface area contributed by atoms with Crippen LogP contribution in [0.25, 0.3) is 0 Å². The fourth-order valence-electron chi connectivity index (χ4n) is 2.30. The zero-order chi connectivity index (χ0) is 19.0. The van der Waals surface area contributed by atoms with Crippen molar-refractivity contribution >= 4 is 11.6 Å². The Morgan fingerprint density at radius 1 is 1.12 bits per heavy atom. The second-order valence-electron chi connectivity index (χ2n) is 6.71. The van der Waals surface area contributed by atoms with Crippen molar-refractivity contribution in [2.45, 2.75) is 26.4 Å². The average Bonchev–Trinajstić information content (AvgIpc) is 2.63. The van der Waals surface area contributed by atoms with Gasteiger partial charge in [-0.1, -0.05) is 18.2 Å². The minimum Gasteiger partial charge on any atom is -0.475 e. The summed E-state index contributed by atoms with van der Waals surface area (Å²) >= 11 is 0. The first kappa shape index (κ1) is 19.9. The van der Waals surface area contributed by atoms with Crippen molar-refractivity contribution in [3.05, 3.63) is 54.2 Å². The molecule has 0 bridgehead atoms. The molecule has 0 radical (unpaired) electrons. The summed E-state index contributed by atoms with van der Waals surface area (Å²) in [5.41, 5.74) is 0.951. The first-order valence-corrected chi connectivity index (χ1v) is 8.61. The van der Waals surface area contributed by atoms with Crippen molar-refractivity contribution in [2.24, 2.45) is 0 Å². The molecule has 0 aliphatic heterocycles. The predicted molar refractivity (Wildman–Crippen MR) is 101 cm³/mol. The summed E-state index contributed by atoms with van der Waals surface area (Å²) in [6.07, 6.45) is 1.48. The summed E-state index contributed by atoms with van der Waals surface area (Å²) in [6, 6.07) is 12.6. The van der Waals surface area contributed by atoms with Gasteiger partial charge in [-0.3, -0.25) is 4.79 Å². The number of rotatable bonds is 8. The van der Waals surface area contributed by atoms with Gasteiger partial charge in [0.15, 0.2) is 0 Å². The highest BCUT2D eigenvalue weighted by atomic mass is 16.5. The molecule has 0 fully saturated rings. The van der Waals surface area contributed by atoms with Crippen LogP contribution in [-0.4, -0.2) is 48.0 Å². The second-order valence-corrected chi connectivity index (χ2v) is 6.71. The number of carbonyl (C=O) groups is 1. The number of para-hydroxylation sites is 1. The third-order valence-corrected chi connectivity index (χ3v) is 3.49. The Balaban J connectivity index is 1.98. The van der Waals surface area contributed by atoms with Crippen LogP contribution in [0.1, 0.15) is 31.1 Å².